The molecule has 0 aliphatic rings. The molecule has 2 heterocycles. The van der Waals surface area contributed by atoms with Crippen molar-refractivity contribution >= 4 is 27.9 Å². The van der Waals surface area contributed by atoms with E-state index in [0.717, 1.165) is 11.2 Å². The molecule has 0 aliphatic heterocycles. The number of benzene rings is 1. The molecule has 19 heavy (non-hydrogen) atoms. The quantitative estimate of drug-likeness (QED) is 0.739. The molecule has 2 nitrogen and oxygen atoms in total. The number of hydrogen-bond acceptors (Lipinski definition) is 3. The Balaban J connectivity index is 1.98. The van der Waals surface area contributed by atoms with Crippen molar-refractivity contribution in [3.63, 3.8) is 0 Å². The standard InChI is InChI=1S/C16H16N2S/c1-11-5-6-14-13(10-11)15(7-8-17-14)18-12(2)16-4-3-9-19-16/h3-10,12H,1-2H3,(H,17,18). The summed E-state index contributed by atoms with van der Waals surface area (Å²) in [6.45, 7) is 4.30. The van der Waals surface area contributed by atoms with E-state index in [2.05, 4.69) is 59.9 Å². The number of aryl methyl sites for hydroxylation is 1. The number of nitrogens with zero attached hydrogens (tertiary/aromatic N) is 1. The summed E-state index contributed by atoms with van der Waals surface area (Å²) in [7, 11) is 0. The predicted octanol–water partition coefficient (Wildman–Crippen LogP) is 4.78. The van der Waals surface area contributed by atoms with Gasteiger partial charge in [0.1, 0.15) is 0 Å². The van der Waals surface area contributed by atoms with Crippen LogP contribution in [0.1, 0.15) is 23.4 Å². The number of anilines is 1. The Hall–Kier alpha value is -1.87. The monoisotopic (exact) mass is 268 g/mol. The normalized spacial score (nSPS) is 12.5. The third kappa shape index (κ3) is 2.47. The summed E-state index contributed by atoms with van der Waals surface area (Å²) >= 11 is 1.78. The summed E-state index contributed by atoms with van der Waals surface area (Å²) in [6, 6.07) is 13.0. The highest BCUT2D eigenvalue weighted by Gasteiger charge is 2.08. The summed E-state index contributed by atoms with van der Waals surface area (Å²) < 4.78 is 0. The lowest BCUT2D eigenvalue weighted by molar-refractivity contribution is 0.910. The van der Waals surface area contributed by atoms with Crippen LogP contribution in [0.2, 0.25) is 0 Å². The molecule has 1 unspecified atom stereocenters. The average molecular weight is 268 g/mol. The first-order chi connectivity index (χ1) is 9.24. The minimum absolute atomic E-state index is 0.311. The fraction of sp³-hybridized carbons (Fsp3) is 0.188. The van der Waals surface area contributed by atoms with E-state index < -0.39 is 0 Å². The number of aromatic nitrogens is 1. The van der Waals surface area contributed by atoms with Gasteiger partial charge >= 0.3 is 0 Å². The SMILES string of the molecule is Cc1ccc2nccc(NC(C)c3cccs3)c2c1. The molecule has 0 spiro atoms. The van der Waals surface area contributed by atoms with Crippen LogP contribution in [-0.4, -0.2) is 4.98 Å². The van der Waals surface area contributed by atoms with Crippen LogP contribution in [0.15, 0.2) is 48.0 Å². The molecule has 0 amide bonds. The van der Waals surface area contributed by atoms with Crippen LogP contribution in [0.4, 0.5) is 5.69 Å². The van der Waals surface area contributed by atoms with Gasteiger partial charge in [0.15, 0.2) is 0 Å². The second-order valence-corrected chi connectivity index (χ2v) is 5.74. The van der Waals surface area contributed by atoms with Crippen LogP contribution in [0, 0.1) is 6.92 Å². The molecule has 0 fully saturated rings. The van der Waals surface area contributed by atoms with E-state index >= 15 is 0 Å². The van der Waals surface area contributed by atoms with Crippen LogP contribution >= 0.6 is 11.3 Å². The molecule has 3 rings (SSSR count). The molecule has 1 N–H and O–H groups in total. The van der Waals surface area contributed by atoms with E-state index in [9.17, 15) is 0 Å². The average Bonchev–Trinajstić information content (AvgIpc) is 2.93. The number of nitrogens with one attached hydrogen (secondary N) is 1. The molecule has 0 aliphatic carbocycles. The molecule has 1 atom stereocenters. The number of thiophene rings is 1. The summed E-state index contributed by atoms with van der Waals surface area (Å²) in [6.07, 6.45) is 1.86. The Morgan fingerprint density at radius 2 is 2.11 bits per heavy atom. The third-order valence-electron chi connectivity index (χ3n) is 3.24. The van der Waals surface area contributed by atoms with Gasteiger partial charge in [-0.2, -0.15) is 0 Å². The predicted molar refractivity (Wildman–Crippen MR) is 82.8 cm³/mol. The Morgan fingerprint density at radius 1 is 1.21 bits per heavy atom. The van der Waals surface area contributed by atoms with Gasteiger partial charge in [-0.15, -0.1) is 11.3 Å². The van der Waals surface area contributed by atoms with Gasteiger partial charge in [-0.25, -0.2) is 0 Å². The van der Waals surface area contributed by atoms with Gasteiger partial charge in [0.05, 0.1) is 11.6 Å². The molecule has 0 radical (unpaired) electrons. The van der Waals surface area contributed by atoms with Gasteiger partial charge < -0.3 is 5.32 Å². The molecule has 0 saturated heterocycles. The first-order valence-electron chi connectivity index (χ1n) is 6.39. The van der Waals surface area contributed by atoms with Gasteiger partial charge in [0, 0.05) is 22.1 Å². The second-order valence-electron chi connectivity index (χ2n) is 4.76. The van der Waals surface area contributed by atoms with Crippen molar-refractivity contribution in [2.75, 3.05) is 5.32 Å². The van der Waals surface area contributed by atoms with Crippen LogP contribution in [-0.2, 0) is 0 Å². The maximum absolute atomic E-state index is 4.42. The number of pyridine rings is 1. The molecular formula is C16H16N2S. The zero-order valence-electron chi connectivity index (χ0n) is 11.1. The van der Waals surface area contributed by atoms with Crippen molar-refractivity contribution in [3.8, 4) is 0 Å². The van der Waals surface area contributed by atoms with Crippen LogP contribution < -0.4 is 5.32 Å². The van der Waals surface area contributed by atoms with E-state index in [1.807, 2.05) is 12.3 Å². The highest BCUT2D eigenvalue weighted by atomic mass is 32.1. The summed E-state index contributed by atoms with van der Waals surface area (Å²) in [5.41, 5.74) is 3.44. The van der Waals surface area contributed by atoms with Crippen molar-refractivity contribution in [1.29, 1.82) is 0 Å². The molecule has 3 aromatic rings. The van der Waals surface area contributed by atoms with Crippen molar-refractivity contribution < 1.29 is 0 Å². The third-order valence-corrected chi connectivity index (χ3v) is 4.29. The van der Waals surface area contributed by atoms with E-state index in [1.165, 1.54) is 15.8 Å². The lowest BCUT2D eigenvalue weighted by Crippen LogP contribution is -2.05. The van der Waals surface area contributed by atoms with Crippen LogP contribution in [0.5, 0.6) is 0 Å². The van der Waals surface area contributed by atoms with Crippen molar-refractivity contribution in [2.24, 2.45) is 0 Å². The molecule has 1 aromatic carbocycles. The first kappa shape index (κ1) is 12.2. The lowest BCUT2D eigenvalue weighted by atomic mass is 10.1. The Labute approximate surface area is 117 Å². The van der Waals surface area contributed by atoms with Gasteiger partial charge in [-0.1, -0.05) is 17.7 Å². The zero-order valence-corrected chi connectivity index (χ0v) is 11.9. The highest BCUT2D eigenvalue weighted by Crippen LogP contribution is 2.28. The minimum atomic E-state index is 0.311. The first-order valence-corrected chi connectivity index (χ1v) is 7.27. The van der Waals surface area contributed by atoms with E-state index in [0.29, 0.717) is 6.04 Å². The minimum Gasteiger partial charge on any atom is -0.377 e. The molecule has 0 saturated carbocycles. The molecule has 2 aromatic heterocycles. The summed E-state index contributed by atoms with van der Waals surface area (Å²) in [4.78, 5) is 5.76. The van der Waals surface area contributed by atoms with E-state index in [4.69, 9.17) is 0 Å². The number of hydrogen-bond donors (Lipinski definition) is 1. The van der Waals surface area contributed by atoms with Gasteiger partial charge in [0.2, 0.25) is 0 Å². The van der Waals surface area contributed by atoms with Crippen molar-refractivity contribution in [3.05, 3.63) is 58.4 Å². The highest BCUT2D eigenvalue weighted by molar-refractivity contribution is 7.10. The number of rotatable bonds is 3. The Morgan fingerprint density at radius 3 is 2.89 bits per heavy atom. The van der Waals surface area contributed by atoms with Crippen LogP contribution in [0.3, 0.4) is 0 Å². The zero-order chi connectivity index (χ0) is 13.2. The van der Waals surface area contributed by atoms with Gasteiger partial charge in [0.25, 0.3) is 0 Å². The summed E-state index contributed by atoms with van der Waals surface area (Å²) in [5, 5.41) is 6.88. The van der Waals surface area contributed by atoms with Crippen LogP contribution in [0.25, 0.3) is 10.9 Å². The number of fused-ring (bicyclic) bond motifs is 1. The Kier molecular flexibility index (Phi) is 3.22. The fourth-order valence-corrected chi connectivity index (χ4v) is 2.96. The Bertz CT molecular complexity index is 689. The topological polar surface area (TPSA) is 24.9 Å². The summed E-state index contributed by atoms with van der Waals surface area (Å²) in [5.74, 6) is 0. The van der Waals surface area contributed by atoms with Gasteiger partial charge in [-0.3, -0.25) is 4.98 Å². The van der Waals surface area contributed by atoms with E-state index in [1.54, 1.807) is 11.3 Å². The van der Waals surface area contributed by atoms with Crippen molar-refractivity contribution in [2.45, 2.75) is 19.9 Å². The maximum Gasteiger partial charge on any atom is 0.0722 e. The fourth-order valence-electron chi connectivity index (χ4n) is 2.23. The van der Waals surface area contributed by atoms with Crippen molar-refractivity contribution in [1.82, 2.24) is 4.98 Å². The molecule has 0 bridgehead atoms. The molecule has 3 heteroatoms. The molecular weight excluding hydrogens is 252 g/mol. The van der Waals surface area contributed by atoms with E-state index in [-0.39, 0.29) is 0 Å². The maximum atomic E-state index is 4.42. The smallest absolute Gasteiger partial charge is 0.0722 e. The second kappa shape index (κ2) is 5.02. The molecule has 96 valence electrons. The largest absolute Gasteiger partial charge is 0.377 e. The van der Waals surface area contributed by atoms with Gasteiger partial charge in [-0.05, 0) is 43.5 Å². The lowest BCUT2D eigenvalue weighted by Gasteiger charge is -2.15.